The summed E-state index contributed by atoms with van der Waals surface area (Å²) < 4.78 is 11.3. The Morgan fingerprint density at radius 3 is 1.78 bits per heavy atom. The first-order chi connectivity index (χ1) is 25.1. The van der Waals surface area contributed by atoms with Crippen LogP contribution in [0.4, 0.5) is 4.79 Å². The zero-order chi connectivity index (χ0) is 35.9. The van der Waals surface area contributed by atoms with Crippen LogP contribution in [0.2, 0.25) is 0 Å². The van der Waals surface area contributed by atoms with Gasteiger partial charge in [0.2, 0.25) is 5.91 Å². The number of benzene rings is 3. The molecule has 2 N–H and O–H groups in total. The third-order valence-corrected chi connectivity index (χ3v) is 9.89. The highest BCUT2D eigenvalue weighted by atomic mass is 16.6. The van der Waals surface area contributed by atoms with Crippen molar-refractivity contribution in [3.8, 4) is 11.1 Å². The number of fused-ring (bicyclic) bond motifs is 3. The number of carbonyl (C=O) groups excluding carboxylic acids is 3. The number of amides is 2. The quantitative estimate of drug-likeness (QED) is 0.0679. The summed E-state index contributed by atoms with van der Waals surface area (Å²) in [5.74, 6) is -0.498. The predicted octanol–water partition coefficient (Wildman–Crippen LogP) is 10.4. The Kier molecular flexibility index (Phi) is 18.2. The Bertz CT molecular complexity index is 1410. The number of alkyl carbamates (subject to hydrolysis) is 1. The van der Waals surface area contributed by atoms with Gasteiger partial charge >= 0.3 is 12.1 Å². The number of rotatable bonds is 25. The van der Waals surface area contributed by atoms with Gasteiger partial charge in [-0.15, -0.1) is 0 Å². The molecule has 276 valence electrons. The molecule has 1 atom stereocenters. The molecule has 3 aromatic rings. The number of hydrogen-bond donors (Lipinski definition) is 2. The molecule has 4 rings (SSSR count). The van der Waals surface area contributed by atoms with Gasteiger partial charge in [-0.05, 0) is 53.5 Å². The molecule has 0 aliphatic heterocycles. The molecule has 1 aliphatic rings. The van der Waals surface area contributed by atoms with Crippen molar-refractivity contribution < 1.29 is 23.9 Å². The number of esters is 1. The largest absolute Gasteiger partial charge is 0.459 e. The lowest BCUT2D eigenvalue weighted by atomic mass is 9.98. The second kappa shape index (κ2) is 23.4. The van der Waals surface area contributed by atoms with Crippen molar-refractivity contribution in [3.05, 3.63) is 95.6 Å². The molecule has 0 spiro atoms. The van der Waals surface area contributed by atoms with E-state index in [1.165, 1.54) is 70.6 Å². The second-order valence-electron chi connectivity index (χ2n) is 14.0. The zero-order valence-corrected chi connectivity index (χ0v) is 30.8. The Labute approximate surface area is 306 Å². The fourth-order valence-electron chi connectivity index (χ4n) is 6.95. The normalized spacial score (nSPS) is 12.5. The van der Waals surface area contributed by atoms with Crippen LogP contribution in [0, 0.1) is 0 Å². The number of carbonyl (C=O) groups is 3. The third kappa shape index (κ3) is 14.2. The molecule has 0 bridgehead atoms. The summed E-state index contributed by atoms with van der Waals surface area (Å²) in [6.45, 7) is 3.08. The van der Waals surface area contributed by atoms with Crippen molar-refractivity contribution >= 4 is 18.0 Å². The van der Waals surface area contributed by atoms with E-state index in [9.17, 15) is 14.4 Å². The molecule has 0 aromatic heterocycles. The maximum atomic E-state index is 13.2. The van der Waals surface area contributed by atoms with Gasteiger partial charge in [-0.25, -0.2) is 9.59 Å². The Balaban J connectivity index is 1.13. The molecule has 0 saturated carbocycles. The van der Waals surface area contributed by atoms with Crippen molar-refractivity contribution in [1.82, 2.24) is 10.6 Å². The van der Waals surface area contributed by atoms with Crippen LogP contribution in [0.3, 0.4) is 0 Å². The van der Waals surface area contributed by atoms with Gasteiger partial charge in [-0.2, -0.15) is 0 Å². The summed E-state index contributed by atoms with van der Waals surface area (Å²) in [5, 5.41) is 5.79. The van der Waals surface area contributed by atoms with E-state index >= 15 is 0 Å². The monoisotopic (exact) mass is 696 g/mol. The van der Waals surface area contributed by atoms with E-state index < -0.39 is 18.1 Å². The molecule has 7 heteroatoms. The summed E-state index contributed by atoms with van der Waals surface area (Å²) in [6.07, 6.45) is 18.3. The fourth-order valence-corrected chi connectivity index (χ4v) is 6.95. The van der Waals surface area contributed by atoms with Crippen LogP contribution in [-0.4, -0.2) is 37.2 Å². The van der Waals surface area contributed by atoms with Gasteiger partial charge in [0.15, 0.2) is 0 Å². The number of nitrogens with one attached hydrogen (secondary N) is 2. The molecule has 1 unspecified atom stereocenters. The minimum atomic E-state index is -0.856. The van der Waals surface area contributed by atoms with Gasteiger partial charge in [0.05, 0.1) is 0 Å². The van der Waals surface area contributed by atoms with Crippen LogP contribution in [-0.2, 0) is 25.7 Å². The lowest BCUT2D eigenvalue weighted by Gasteiger charge is -2.19. The van der Waals surface area contributed by atoms with E-state index in [0.29, 0.717) is 32.2 Å². The highest BCUT2D eigenvalue weighted by Crippen LogP contribution is 2.44. The van der Waals surface area contributed by atoms with Gasteiger partial charge < -0.3 is 20.1 Å². The van der Waals surface area contributed by atoms with Gasteiger partial charge in [-0.3, -0.25) is 4.79 Å². The summed E-state index contributed by atoms with van der Waals surface area (Å²) in [6, 6.07) is 25.0. The van der Waals surface area contributed by atoms with Crippen LogP contribution < -0.4 is 10.6 Å². The molecule has 3 aromatic carbocycles. The average Bonchev–Trinajstić information content (AvgIpc) is 3.48. The Hall–Kier alpha value is -4.13. The molecular weight excluding hydrogens is 636 g/mol. The molecule has 0 fully saturated rings. The maximum absolute atomic E-state index is 13.2. The van der Waals surface area contributed by atoms with Crippen LogP contribution in [0.1, 0.15) is 139 Å². The molecule has 2 amide bonds. The van der Waals surface area contributed by atoms with Crippen molar-refractivity contribution in [2.75, 3.05) is 13.2 Å². The average molecular weight is 697 g/mol. The van der Waals surface area contributed by atoms with Crippen LogP contribution in [0.15, 0.2) is 78.9 Å². The Morgan fingerprint density at radius 2 is 1.18 bits per heavy atom. The van der Waals surface area contributed by atoms with Crippen molar-refractivity contribution in [1.29, 1.82) is 0 Å². The predicted molar refractivity (Wildman–Crippen MR) is 205 cm³/mol. The number of hydrogen-bond acceptors (Lipinski definition) is 5. The standard InChI is InChI=1S/C44H60N2O5/c1-2-3-4-5-6-7-8-9-10-11-12-13-17-31-42(47)45-32-23-22-30-41(43(48)50-33-35-24-15-14-16-25-35)46-44(49)51-34-40-38-28-20-18-26-36(38)37-27-19-21-29-39(37)40/h14-16,18-21,24-29,40-41H,2-13,17,22-23,30-34H2,1H3,(H,45,47)(H,46,49). The molecule has 0 saturated heterocycles. The van der Waals surface area contributed by atoms with E-state index in [1.54, 1.807) is 0 Å². The van der Waals surface area contributed by atoms with Gasteiger partial charge in [0, 0.05) is 18.9 Å². The molecule has 1 aliphatic carbocycles. The lowest BCUT2D eigenvalue weighted by Crippen LogP contribution is -2.42. The highest BCUT2D eigenvalue weighted by Gasteiger charge is 2.30. The minimum Gasteiger partial charge on any atom is -0.459 e. The van der Waals surface area contributed by atoms with Crippen molar-refractivity contribution in [3.63, 3.8) is 0 Å². The first kappa shape index (κ1) is 39.7. The Morgan fingerprint density at radius 1 is 0.627 bits per heavy atom. The maximum Gasteiger partial charge on any atom is 0.407 e. The first-order valence-electron chi connectivity index (χ1n) is 19.7. The topological polar surface area (TPSA) is 93.7 Å². The minimum absolute atomic E-state index is 0.0741. The summed E-state index contributed by atoms with van der Waals surface area (Å²) >= 11 is 0. The van der Waals surface area contributed by atoms with Gasteiger partial charge in [0.1, 0.15) is 19.3 Å². The van der Waals surface area contributed by atoms with Crippen LogP contribution in [0.25, 0.3) is 11.1 Å². The summed E-state index contributed by atoms with van der Waals surface area (Å²) in [4.78, 5) is 38.6. The van der Waals surface area contributed by atoms with Gasteiger partial charge in [0.25, 0.3) is 0 Å². The first-order valence-corrected chi connectivity index (χ1v) is 19.7. The van der Waals surface area contributed by atoms with Crippen molar-refractivity contribution in [2.24, 2.45) is 0 Å². The molecule has 0 radical (unpaired) electrons. The summed E-state index contributed by atoms with van der Waals surface area (Å²) in [5.41, 5.74) is 5.43. The van der Waals surface area contributed by atoms with Crippen molar-refractivity contribution in [2.45, 2.75) is 135 Å². The van der Waals surface area contributed by atoms with E-state index in [1.807, 2.05) is 54.6 Å². The zero-order valence-electron chi connectivity index (χ0n) is 30.8. The molecule has 7 nitrogen and oxygen atoms in total. The van der Waals surface area contributed by atoms with E-state index in [0.717, 1.165) is 40.7 Å². The van der Waals surface area contributed by atoms with E-state index in [-0.39, 0.29) is 25.0 Å². The van der Waals surface area contributed by atoms with E-state index in [2.05, 4.69) is 41.8 Å². The number of ether oxygens (including phenoxy) is 2. The molecule has 51 heavy (non-hydrogen) atoms. The second-order valence-corrected chi connectivity index (χ2v) is 14.0. The highest BCUT2D eigenvalue weighted by molar-refractivity contribution is 5.82. The number of unbranched alkanes of at least 4 members (excludes halogenated alkanes) is 13. The third-order valence-electron chi connectivity index (χ3n) is 9.89. The van der Waals surface area contributed by atoms with E-state index in [4.69, 9.17) is 9.47 Å². The summed E-state index contributed by atoms with van der Waals surface area (Å²) in [7, 11) is 0. The van der Waals surface area contributed by atoms with Crippen LogP contribution >= 0.6 is 0 Å². The van der Waals surface area contributed by atoms with Gasteiger partial charge in [-0.1, -0.05) is 163 Å². The SMILES string of the molecule is CCCCCCCCCCCCCCCC(=O)NCCCCC(NC(=O)OCC1c2ccccc2-c2ccccc21)C(=O)OCc1ccccc1. The smallest absolute Gasteiger partial charge is 0.407 e. The molecule has 0 heterocycles. The fraction of sp³-hybridized carbons (Fsp3) is 0.523. The lowest BCUT2D eigenvalue weighted by molar-refractivity contribution is -0.147. The van der Waals surface area contributed by atoms with Crippen LogP contribution in [0.5, 0.6) is 0 Å². The molecular formula is C44H60N2O5.